The number of aliphatic hydroxyl groups excluding tert-OH is 1. The van der Waals surface area contributed by atoms with Gasteiger partial charge in [-0.05, 0) is 49.6 Å². The molecule has 0 aromatic heterocycles. The van der Waals surface area contributed by atoms with Crippen molar-refractivity contribution in [2.45, 2.75) is 44.4 Å². The van der Waals surface area contributed by atoms with Gasteiger partial charge in [0.15, 0.2) is 5.78 Å². The van der Waals surface area contributed by atoms with Crippen LogP contribution in [0.25, 0.3) is 0 Å². The third-order valence-corrected chi connectivity index (χ3v) is 6.26. The van der Waals surface area contributed by atoms with Gasteiger partial charge in [0.25, 0.3) is 0 Å². The number of piperidine rings is 1. The Morgan fingerprint density at radius 1 is 1.23 bits per heavy atom. The molecule has 0 aliphatic carbocycles. The van der Waals surface area contributed by atoms with Crippen molar-refractivity contribution in [1.82, 2.24) is 10.2 Å². The minimum absolute atomic E-state index is 0.0763. The predicted molar refractivity (Wildman–Crippen MR) is 112 cm³/mol. The highest BCUT2D eigenvalue weighted by atomic mass is 19.2. The Hall–Kier alpha value is -3.00. The van der Waals surface area contributed by atoms with Gasteiger partial charge in [-0.2, -0.15) is 0 Å². The van der Waals surface area contributed by atoms with Crippen molar-refractivity contribution in [3.05, 3.63) is 65.0 Å². The van der Waals surface area contributed by atoms with Crippen LogP contribution in [0, 0.1) is 5.82 Å². The standard InChI is InChI=1S/C23H25F2N3O3/c1-15(29)18-12-16(6-7-19(18)24)14-26-22(31)27-10-8-23(9-11-27)13-21(30)17-4-2-3-5-20(17)28(23)25/h2-7,12,15,29H,8-11,13-14H2,1H3,(H,26,31). The molecular weight excluding hydrogens is 404 g/mol. The van der Waals surface area contributed by atoms with Crippen molar-refractivity contribution in [3.8, 4) is 0 Å². The zero-order valence-electron chi connectivity index (χ0n) is 17.3. The van der Waals surface area contributed by atoms with E-state index in [2.05, 4.69) is 5.32 Å². The number of rotatable bonds is 3. The van der Waals surface area contributed by atoms with Gasteiger partial charge in [0.2, 0.25) is 0 Å². The van der Waals surface area contributed by atoms with Crippen LogP contribution < -0.4 is 10.4 Å². The van der Waals surface area contributed by atoms with Gasteiger partial charge in [-0.1, -0.05) is 22.7 Å². The van der Waals surface area contributed by atoms with Crippen LogP contribution in [0.4, 0.5) is 19.4 Å². The molecule has 2 aliphatic rings. The number of hydrogen-bond acceptors (Lipinski definition) is 4. The molecule has 2 heterocycles. The van der Waals surface area contributed by atoms with E-state index in [-0.39, 0.29) is 30.3 Å². The molecule has 164 valence electrons. The minimum atomic E-state index is -0.944. The highest BCUT2D eigenvalue weighted by molar-refractivity contribution is 6.04. The summed E-state index contributed by atoms with van der Waals surface area (Å²) in [5.74, 6) is -0.571. The summed E-state index contributed by atoms with van der Waals surface area (Å²) in [5, 5.41) is 13.1. The number of nitrogens with zero attached hydrogens (tertiary/aromatic N) is 2. The Morgan fingerprint density at radius 3 is 2.65 bits per heavy atom. The molecule has 0 bridgehead atoms. The summed E-state index contributed by atoms with van der Waals surface area (Å²) in [6, 6.07) is 10.7. The number of Topliss-reactive ketones (excluding diaryl/α,β-unsaturated/α-hetero) is 1. The largest absolute Gasteiger partial charge is 0.389 e. The molecule has 2 N–H and O–H groups in total. The lowest BCUT2D eigenvalue weighted by Crippen LogP contribution is -2.57. The molecule has 2 aliphatic heterocycles. The predicted octanol–water partition coefficient (Wildman–Crippen LogP) is 3.90. The third kappa shape index (κ3) is 3.99. The lowest BCUT2D eigenvalue weighted by Gasteiger charge is -2.47. The molecule has 0 saturated carbocycles. The second-order valence-electron chi connectivity index (χ2n) is 8.30. The van der Waals surface area contributed by atoms with E-state index in [0.717, 1.165) is 5.12 Å². The number of benzene rings is 2. The summed E-state index contributed by atoms with van der Waals surface area (Å²) >= 11 is 0. The first-order valence-corrected chi connectivity index (χ1v) is 10.4. The maximum absolute atomic E-state index is 15.2. The third-order valence-electron chi connectivity index (χ3n) is 6.26. The van der Waals surface area contributed by atoms with Crippen molar-refractivity contribution < 1.29 is 23.6 Å². The Balaban J connectivity index is 1.38. The number of carbonyl (C=O) groups excluding carboxylic acids is 2. The zero-order chi connectivity index (χ0) is 22.2. The molecule has 1 saturated heterocycles. The van der Waals surface area contributed by atoms with Crippen LogP contribution in [0.5, 0.6) is 0 Å². The van der Waals surface area contributed by atoms with Gasteiger partial charge in [-0.15, -0.1) is 0 Å². The molecule has 1 atom stereocenters. The summed E-state index contributed by atoms with van der Waals surface area (Å²) in [5.41, 5.74) is 0.611. The second kappa shape index (κ2) is 8.26. The summed E-state index contributed by atoms with van der Waals surface area (Å²) in [6.07, 6.45) is -0.159. The number of amides is 2. The van der Waals surface area contributed by atoms with Gasteiger partial charge in [-0.3, -0.25) is 4.79 Å². The number of para-hydroxylation sites is 1. The smallest absolute Gasteiger partial charge is 0.317 e. The summed E-state index contributed by atoms with van der Waals surface area (Å²) in [7, 11) is 0. The molecule has 31 heavy (non-hydrogen) atoms. The molecule has 1 fully saturated rings. The minimum Gasteiger partial charge on any atom is -0.389 e. The first-order valence-electron chi connectivity index (χ1n) is 10.4. The second-order valence-corrected chi connectivity index (χ2v) is 8.30. The topological polar surface area (TPSA) is 72.9 Å². The van der Waals surface area contributed by atoms with Crippen molar-refractivity contribution in [2.24, 2.45) is 0 Å². The molecule has 6 nitrogen and oxygen atoms in total. The Morgan fingerprint density at radius 2 is 1.94 bits per heavy atom. The molecule has 8 heteroatoms. The first-order chi connectivity index (χ1) is 14.8. The summed E-state index contributed by atoms with van der Waals surface area (Å²) < 4.78 is 29.0. The molecular formula is C23H25F2N3O3. The van der Waals surface area contributed by atoms with Crippen LogP contribution in [0.2, 0.25) is 0 Å². The molecule has 1 unspecified atom stereocenters. The number of nitrogens with one attached hydrogen (secondary N) is 1. The van der Waals surface area contributed by atoms with Gasteiger partial charge < -0.3 is 15.3 Å². The summed E-state index contributed by atoms with van der Waals surface area (Å²) in [4.78, 5) is 26.7. The van der Waals surface area contributed by atoms with Gasteiger partial charge in [0.05, 0.1) is 17.3 Å². The number of urea groups is 1. The number of halogens is 2. The Bertz CT molecular complexity index is 1000. The van der Waals surface area contributed by atoms with Crippen LogP contribution in [0.15, 0.2) is 42.5 Å². The number of hydrogen-bond donors (Lipinski definition) is 2. The van der Waals surface area contributed by atoms with E-state index in [1.54, 1.807) is 35.2 Å². The zero-order valence-corrected chi connectivity index (χ0v) is 17.3. The van der Waals surface area contributed by atoms with E-state index in [4.69, 9.17) is 0 Å². The van der Waals surface area contributed by atoms with Crippen LogP contribution in [0.1, 0.15) is 53.8 Å². The Labute approximate surface area is 179 Å². The molecule has 0 radical (unpaired) electrons. The molecule has 2 aromatic carbocycles. The molecule has 4 rings (SSSR count). The number of likely N-dealkylation sites (tertiary alicyclic amines) is 1. The van der Waals surface area contributed by atoms with E-state index < -0.39 is 17.5 Å². The maximum Gasteiger partial charge on any atom is 0.317 e. The number of anilines is 1. The van der Waals surface area contributed by atoms with Crippen molar-refractivity contribution in [1.29, 1.82) is 0 Å². The SMILES string of the molecule is CC(O)c1cc(CNC(=O)N2CCC3(CC2)CC(=O)c2ccccc2N3F)ccc1F. The average molecular weight is 429 g/mol. The van der Waals surface area contributed by atoms with E-state index in [9.17, 15) is 19.1 Å². The van der Waals surface area contributed by atoms with Crippen LogP contribution in [-0.2, 0) is 6.54 Å². The first kappa shape index (κ1) is 21.2. The van der Waals surface area contributed by atoms with E-state index in [0.29, 0.717) is 42.7 Å². The van der Waals surface area contributed by atoms with E-state index >= 15 is 4.48 Å². The fraction of sp³-hybridized carbons (Fsp3) is 0.391. The highest BCUT2D eigenvalue weighted by Gasteiger charge is 2.47. The average Bonchev–Trinajstić information content (AvgIpc) is 2.77. The number of carbonyl (C=O) groups is 2. The fourth-order valence-corrected chi connectivity index (χ4v) is 4.41. The lowest BCUT2D eigenvalue weighted by atomic mass is 9.78. The van der Waals surface area contributed by atoms with Crippen molar-refractivity contribution in [3.63, 3.8) is 0 Å². The van der Waals surface area contributed by atoms with Crippen LogP contribution in [-0.4, -0.2) is 40.4 Å². The van der Waals surface area contributed by atoms with Gasteiger partial charge in [-0.25, -0.2) is 14.3 Å². The number of aliphatic hydroxyl groups is 1. The quantitative estimate of drug-likeness (QED) is 0.726. The van der Waals surface area contributed by atoms with E-state index in [1.807, 2.05) is 0 Å². The van der Waals surface area contributed by atoms with Crippen LogP contribution in [0.3, 0.4) is 0 Å². The normalized spacial score (nSPS) is 18.6. The lowest BCUT2D eigenvalue weighted by molar-refractivity contribution is 0.0805. The molecule has 2 amide bonds. The number of fused-ring (bicyclic) bond motifs is 1. The molecule has 1 spiro atoms. The number of ketones is 1. The highest BCUT2D eigenvalue weighted by Crippen LogP contribution is 2.43. The monoisotopic (exact) mass is 429 g/mol. The van der Waals surface area contributed by atoms with E-state index in [1.165, 1.54) is 19.1 Å². The van der Waals surface area contributed by atoms with Crippen LogP contribution >= 0.6 is 0 Å². The van der Waals surface area contributed by atoms with Crippen molar-refractivity contribution >= 4 is 17.5 Å². The maximum atomic E-state index is 15.2. The van der Waals surface area contributed by atoms with Gasteiger partial charge in [0.1, 0.15) is 5.82 Å². The van der Waals surface area contributed by atoms with Gasteiger partial charge >= 0.3 is 6.03 Å². The van der Waals surface area contributed by atoms with Crippen molar-refractivity contribution in [2.75, 3.05) is 18.2 Å². The molecule has 2 aromatic rings. The van der Waals surface area contributed by atoms with Gasteiger partial charge in [0, 0.05) is 37.2 Å². The summed E-state index contributed by atoms with van der Waals surface area (Å²) in [6.45, 7) is 2.31. The Kier molecular flexibility index (Phi) is 5.66. The fourth-order valence-electron chi connectivity index (χ4n) is 4.41.